The van der Waals surface area contributed by atoms with Crippen molar-refractivity contribution in [2.75, 3.05) is 14.1 Å². The van der Waals surface area contributed by atoms with E-state index in [9.17, 15) is 0 Å². The van der Waals surface area contributed by atoms with Gasteiger partial charge in [-0.1, -0.05) is 6.58 Å². The maximum atomic E-state index is 3.72. The summed E-state index contributed by atoms with van der Waals surface area (Å²) in [6.07, 6.45) is 3.17. The summed E-state index contributed by atoms with van der Waals surface area (Å²) in [5.74, 6) is 0. The highest BCUT2D eigenvalue weighted by Gasteiger charge is 1.70. The van der Waals surface area contributed by atoms with Crippen LogP contribution in [0, 0.1) is 0 Å². The van der Waals surface area contributed by atoms with E-state index in [1.54, 1.807) is 6.34 Å². The van der Waals surface area contributed by atoms with Gasteiger partial charge in [0.1, 0.15) is 6.34 Å². The molecule has 0 radical (unpaired) electrons. The molecule has 0 aliphatic rings. The van der Waals surface area contributed by atoms with Crippen LogP contribution in [0.1, 0.15) is 0 Å². The van der Waals surface area contributed by atoms with Crippen LogP contribution in [0.4, 0.5) is 0 Å². The van der Waals surface area contributed by atoms with Crippen molar-refractivity contribution in [1.29, 1.82) is 0 Å². The van der Waals surface area contributed by atoms with Gasteiger partial charge in [0.25, 0.3) is 0 Å². The summed E-state index contributed by atoms with van der Waals surface area (Å²) >= 11 is 0. The number of hydrogen-bond acceptors (Lipinski definition) is 2. The average Bonchev–Trinajstić information content (AvgIpc) is 1.66. The molecule has 0 atom stereocenters. The van der Waals surface area contributed by atoms with Gasteiger partial charge in [-0.2, -0.15) is 5.10 Å². The first kappa shape index (κ1) is 7.01. The zero-order valence-electron chi connectivity index (χ0n) is 5.26. The van der Waals surface area contributed by atoms with Gasteiger partial charge in [0.2, 0.25) is 0 Å². The van der Waals surface area contributed by atoms with Crippen molar-refractivity contribution >= 4 is 6.34 Å². The van der Waals surface area contributed by atoms with E-state index < -0.39 is 0 Å². The lowest BCUT2D eigenvalue weighted by Gasteiger charge is -2.00. The summed E-state index contributed by atoms with van der Waals surface area (Å²) in [6.45, 7) is 3.41. The van der Waals surface area contributed by atoms with E-state index in [1.165, 1.54) is 6.20 Å². The fourth-order valence-corrected chi connectivity index (χ4v) is 0.202. The van der Waals surface area contributed by atoms with Gasteiger partial charge in [-0.05, 0) is 0 Å². The highest BCUT2D eigenvalue weighted by atomic mass is 15.3. The zero-order chi connectivity index (χ0) is 6.41. The van der Waals surface area contributed by atoms with Crippen molar-refractivity contribution in [3.63, 3.8) is 0 Å². The van der Waals surface area contributed by atoms with Crippen molar-refractivity contribution in [3.8, 4) is 0 Å². The first-order valence-electron chi connectivity index (χ1n) is 2.33. The third-order valence-corrected chi connectivity index (χ3v) is 0.454. The minimum absolute atomic E-state index is 1.51. The minimum Gasteiger partial charge on any atom is -0.367 e. The summed E-state index contributed by atoms with van der Waals surface area (Å²) < 4.78 is 0. The van der Waals surface area contributed by atoms with Crippen molar-refractivity contribution in [3.05, 3.63) is 12.8 Å². The monoisotopic (exact) mass is 113 g/mol. The van der Waals surface area contributed by atoms with Crippen LogP contribution in [0.15, 0.2) is 17.9 Å². The van der Waals surface area contributed by atoms with Crippen LogP contribution in [-0.4, -0.2) is 25.3 Å². The molecule has 0 unspecified atom stereocenters. The number of hydrogen-bond donors (Lipinski definition) is 1. The van der Waals surface area contributed by atoms with Crippen LogP contribution < -0.4 is 5.43 Å². The average molecular weight is 113 g/mol. The minimum atomic E-state index is 1.51. The Balaban J connectivity index is 3.19. The molecule has 0 spiro atoms. The molecular formula is C5H11N3. The van der Waals surface area contributed by atoms with Gasteiger partial charge in [-0.15, -0.1) is 0 Å². The summed E-state index contributed by atoms with van der Waals surface area (Å²) in [5, 5.41) is 3.72. The Morgan fingerprint density at radius 1 is 1.62 bits per heavy atom. The normalized spacial score (nSPS) is 9.25. The standard InChI is InChI=1S/C5H11N3/c1-4-6-7-5-8(2)3/h4-6H,1H2,2-3H3/b7-5-. The van der Waals surface area contributed by atoms with Crippen molar-refractivity contribution in [2.45, 2.75) is 0 Å². The smallest absolute Gasteiger partial charge is 0.111 e. The number of nitrogens with one attached hydrogen (secondary N) is 1. The molecule has 0 rings (SSSR count). The topological polar surface area (TPSA) is 27.6 Å². The van der Waals surface area contributed by atoms with E-state index in [1.807, 2.05) is 19.0 Å². The van der Waals surface area contributed by atoms with E-state index in [-0.39, 0.29) is 0 Å². The molecule has 0 aromatic heterocycles. The maximum Gasteiger partial charge on any atom is 0.111 e. The van der Waals surface area contributed by atoms with Crippen LogP contribution >= 0.6 is 0 Å². The van der Waals surface area contributed by atoms with Gasteiger partial charge in [0.15, 0.2) is 0 Å². The Hall–Kier alpha value is -0.990. The van der Waals surface area contributed by atoms with Crippen LogP contribution in [-0.2, 0) is 0 Å². The van der Waals surface area contributed by atoms with E-state index in [2.05, 4.69) is 17.1 Å². The SMILES string of the molecule is C=CN/N=C\N(C)C. The van der Waals surface area contributed by atoms with Crippen LogP contribution in [0.5, 0.6) is 0 Å². The molecule has 0 amide bonds. The van der Waals surface area contributed by atoms with Gasteiger partial charge < -0.3 is 4.90 Å². The molecule has 0 saturated carbocycles. The van der Waals surface area contributed by atoms with Crippen molar-refractivity contribution in [2.24, 2.45) is 5.10 Å². The van der Waals surface area contributed by atoms with E-state index in [4.69, 9.17) is 0 Å². The Bertz CT molecular complexity index is 85.7. The second kappa shape index (κ2) is 4.18. The fraction of sp³-hybridized carbons (Fsp3) is 0.400. The number of hydrazone groups is 1. The highest BCUT2D eigenvalue weighted by molar-refractivity contribution is 5.53. The van der Waals surface area contributed by atoms with Crippen LogP contribution in [0.3, 0.4) is 0 Å². The Morgan fingerprint density at radius 2 is 2.25 bits per heavy atom. The molecule has 0 heterocycles. The lowest BCUT2D eigenvalue weighted by molar-refractivity contribution is 0.635. The highest BCUT2D eigenvalue weighted by Crippen LogP contribution is 1.62. The zero-order valence-corrected chi connectivity index (χ0v) is 5.26. The van der Waals surface area contributed by atoms with Crippen molar-refractivity contribution < 1.29 is 0 Å². The molecule has 3 heteroatoms. The third-order valence-electron chi connectivity index (χ3n) is 0.454. The Morgan fingerprint density at radius 3 is 2.62 bits per heavy atom. The number of rotatable bonds is 3. The van der Waals surface area contributed by atoms with Gasteiger partial charge in [0.05, 0.1) is 0 Å². The van der Waals surface area contributed by atoms with E-state index in [0.29, 0.717) is 0 Å². The predicted octanol–water partition coefficient (Wildman–Crippen LogP) is 0.224. The van der Waals surface area contributed by atoms with Crippen molar-refractivity contribution in [1.82, 2.24) is 10.3 Å². The summed E-state index contributed by atoms with van der Waals surface area (Å²) in [5.41, 5.74) is 2.57. The molecule has 8 heavy (non-hydrogen) atoms. The Labute approximate surface area is 49.7 Å². The molecule has 1 N–H and O–H groups in total. The Kier molecular flexibility index (Phi) is 3.66. The maximum absolute atomic E-state index is 3.72. The van der Waals surface area contributed by atoms with Gasteiger partial charge in [0, 0.05) is 20.3 Å². The third kappa shape index (κ3) is 5.01. The van der Waals surface area contributed by atoms with E-state index in [0.717, 1.165) is 0 Å². The molecule has 0 saturated heterocycles. The molecule has 3 nitrogen and oxygen atoms in total. The molecule has 0 aliphatic carbocycles. The molecule has 0 bridgehead atoms. The van der Waals surface area contributed by atoms with Crippen LogP contribution in [0.25, 0.3) is 0 Å². The van der Waals surface area contributed by atoms with Gasteiger partial charge in [-0.3, -0.25) is 5.43 Å². The van der Waals surface area contributed by atoms with Crippen LogP contribution in [0.2, 0.25) is 0 Å². The largest absolute Gasteiger partial charge is 0.367 e. The second-order valence-electron chi connectivity index (χ2n) is 1.54. The first-order chi connectivity index (χ1) is 3.77. The lowest BCUT2D eigenvalue weighted by atomic mass is 10.9. The van der Waals surface area contributed by atoms with E-state index >= 15 is 0 Å². The molecule has 0 fully saturated rings. The second-order valence-corrected chi connectivity index (χ2v) is 1.54. The summed E-state index contributed by atoms with van der Waals surface area (Å²) in [6, 6.07) is 0. The molecule has 0 aromatic rings. The van der Waals surface area contributed by atoms with Gasteiger partial charge >= 0.3 is 0 Å². The lowest BCUT2D eigenvalue weighted by Crippen LogP contribution is -2.10. The van der Waals surface area contributed by atoms with Gasteiger partial charge in [-0.25, -0.2) is 0 Å². The summed E-state index contributed by atoms with van der Waals surface area (Å²) in [4.78, 5) is 1.83. The molecule has 0 aliphatic heterocycles. The summed E-state index contributed by atoms with van der Waals surface area (Å²) in [7, 11) is 3.79. The predicted molar refractivity (Wildman–Crippen MR) is 35.5 cm³/mol. The molecular weight excluding hydrogens is 102 g/mol. The number of nitrogens with zero attached hydrogens (tertiary/aromatic N) is 2. The first-order valence-corrected chi connectivity index (χ1v) is 2.33. The quantitative estimate of drug-likeness (QED) is 0.322. The molecule has 0 aromatic carbocycles. The molecule has 46 valence electrons. The fourth-order valence-electron chi connectivity index (χ4n) is 0.202.